The molecule has 30 heavy (non-hydrogen) atoms. The van der Waals surface area contributed by atoms with E-state index in [4.69, 9.17) is 0 Å². The number of anilines is 1. The van der Waals surface area contributed by atoms with Crippen molar-refractivity contribution in [3.63, 3.8) is 0 Å². The van der Waals surface area contributed by atoms with Crippen molar-refractivity contribution in [1.29, 1.82) is 0 Å². The molecule has 0 bridgehead atoms. The van der Waals surface area contributed by atoms with Crippen molar-refractivity contribution >= 4 is 23.1 Å². The van der Waals surface area contributed by atoms with E-state index in [1.165, 1.54) is 34.4 Å². The van der Waals surface area contributed by atoms with Crippen LogP contribution in [-0.2, 0) is 6.18 Å². The van der Waals surface area contributed by atoms with Crippen LogP contribution in [0.2, 0.25) is 0 Å². The summed E-state index contributed by atoms with van der Waals surface area (Å²) in [6.07, 6.45) is -4.57. The quantitative estimate of drug-likeness (QED) is 0.627. The average molecular weight is 433 g/mol. The van der Waals surface area contributed by atoms with Crippen molar-refractivity contribution in [3.8, 4) is 11.4 Å². The zero-order valence-corrected chi connectivity index (χ0v) is 16.9. The molecule has 3 heterocycles. The van der Waals surface area contributed by atoms with Crippen molar-refractivity contribution in [2.75, 3.05) is 31.1 Å². The van der Waals surface area contributed by atoms with Gasteiger partial charge in [0.15, 0.2) is 5.82 Å². The maximum atomic E-state index is 13.2. The molecule has 0 atom stereocenters. The lowest BCUT2D eigenvalue weighted by Crippen LogP contribution is -2.49. The Labute approximate surface area is 175 Å². The fourth-order valence-corrected chi connectivity index (χ4v) is 3.94. The number of benzene rings is 1. The number of nitrogens with zero attached hydrogens (tertiary/aromatic N) is 5. The van der Waals surface area contributed by atoms with Gasteiger partial charge < -0.3 is 9.80 Å². The van der Waals surface area contributed by atoms with Crippen LogP contribution in [0.15, 0.2) is 41.8 Å². The molecular formula is C20H18F3N5OS. The second-order valence-electron chi connectivity index (χ2n) is 6.85. The number of halogens is 3. The summed E-state index contributed by atoms with van der Waals surface area (Å²) >= 11 is 1.54. The maximum Gasteiger partial charge on any atom is 0.417 e. The Kier molecular flexibility index (Phi) is 5.42. The van der Waals surface area contributed by atoms with Crippen LogP contribution in [0.4, 0.5) is 19.0 Å². The summed E-state index contributed by atoms with van der Waals surface area (Å²) in [5, 5.41) is 11.3. The summed E-state index contributed by atoms with van der Waals surface area (Å²) in [6.45, 7) is 3.46. The SMILES string of the molecule is Cc1nc(-c2ccc(N3CCN(C(=O)c4ccccc4C(F)(F)F)CC3)nn2)cs1. The molecule has 156 valence electrons. The first-order valence-corrected chi connectivity index (χ1v) is 10.2. The molecule has 0 radical (unpaired) electrons. The lowest BCUT2D eigenvalue weighted by molar-refractivity contribution is -0.138. The van der Waals surface area contributed by atoms with E-state index < -0.39 is 17.6 Å². The van der Waals surface area contributed by atoms with Crippen molar-refractivity contribution < 1.29 is 18.0 Å². The Morgan fingerprint density at radius 3 is 2.33 bits per heavy atom. The summed E-state index contributed by atoms with van der Waals surface area (Å²) in [5.74, 6) is 0.0522. The summed E-state index contributed by atoms with van der Waals surface area (Å²) in [4.78, 5) is 20.5. The van der Waals surface area contributed by atoms with Gasteiger partial charge in [-0.25, -0.2) is 4.98 Å². The Balaban J connectivity index is 1.42. The highest BCUT2D eigenvalue weighted by molar-refractivity contribution is 7.09. The third-order valence-electron chi connectivity index (χ3n) is 4.89. The molecule has 1 aliphatic rings. The van der Waals surface area contributed by atoms with Gasteiger partial charge in [-0.15, -0.1) is 21.5 Å². The minimum atomic E-state index is -4.57. The Morgan fingerprint density at radius 1 is 1.00 bits per heavy atom. The monoisotopic (exact) mass is 433 g/mol. The lowest BCUT2D eigenvalue weighted by atomic mass is 10.1. The van der Waals surface area contributed by atoms with E-state index in [1.54, 1.807) is 0 Å². The minimum Gasteiger partial charge on any atom is -0.352 e. The number of alkyl halides is 3. The Morgan fingerprint density at radius 2 is 1.73 bits per heavy atom. The molecular weight excluding hydrogens is 415 g/mol. The smallest absolute Gasteiger partial charge is 0.352 e. The number of hydrogen-bond donors (Lipinski definition) is 0. The van der Waals surface area contributed by atoms with E-state index in [-0.39, 0.29) is 5.56 Å². The number of amides is 1. The van der Waals surface area contributed by atoms with Gasteiger partial charge in [0.2, 0.25) is 0 Å². The van der Waals surface area contributed by atoms with Crippen LogP contribution in [0.1, 0.15) is 20.9 Å². The first-order chi connectivity index (χ1) is 14.3. The number of piperazine rings is 1. The van der Waals surface area contributed by atoms with Crippen LogP contribution in [0, 0.1) is 6.92 Å². The van der Waals surface area contributed by atoms with Gasteiger partial charge in [-0.2, -0.15) is 13.2 Å². The highest BCUT2D eigenvalue weighted by atomic mass is 32.1. The second kappa shape index (κ2) is 8.02. The molecule has 4 rings (SSSR count). The van der Waals surface area contributed by atoms with Crippen LogP contribution in [0.25, 0.3) is 11.4 Å². The van der Waals surface area contributed by atoms with E-state index >= 15 is 0 Å². The number of rotatable bonds is 3. The summed E-state index contributed by atoms with van der Waals surface area (Å²) < 4.78 is 39.7. The molecule has 1 aliphatic heterocycles. The van der Waals surface area contributed by atoms with Gasteiger partial charge in [-0.3, -0.25) is 4.79 Å². The van der Waals surface area contributed by atoms with Gasteiger partial charge in [0.05, 0.1) is 16.1 Å². The van der Waals surface area contributed by atoms with Gasteiger partial charge in [-0.05, 0) is 31.2 Å². The topological polar surface area (TPSA) is 62.2 Å². The first kappa shape index (κ1) is 20.3. The largest absolute Gasteiger partial charge is 0.417 e. The molecule has 0 saturated carbocycles. The maximum absolute atomic E-state index is 13.2. The zero-order valence-electron chi connectivity index (χ0n) is 16.1. The number of hydrogen-bond acceptors (Lipinski definition) is 6. The highest BCUT2D eigenvalue weighted by Gasteiger charge is 2.36. The van der Waals surface area contributed by atoms with E-state index in [2.05, 4.69) is 15.2 Å². The molecule has 3 aromatic rings. The molecule has 0 aliphatic carbocycles. The second-order valence-corrected chi connectivity index (χ2v) is 7.91. The molecule has 1 amide bonds. The summed E-state index contributed by atoms with van der Waals surface area (Å²) in [6, 6.07) is 8.57. The molecule has 1 aromatic carbocycles. The van der Waals surface area contributed by atoms with E-state index in [0.717, 1.165) is 16.8 Å². The van der Waals surface area contributed by atoms with Gasteiger partial charge in [0.1, 0.15) is 11.4 Å². The predicted molar refractivity (Wildman–Crippen MR) is 107 cm³/mol. The summed E-state index contributed by atoms with van der Waals surface area (Å²) in [5.41, 5.74) is 0.230. The van der Waals surface area contributed by atoms with Crippen LogP contribution in [0.3, 0.4) is 0 Å². The van der Waals surface area contributed by atoms with Gasteiger partial charge >= 0.3 is 6.18 Å². The number of carbonyl (C=O) groups is 1. The predicted octanol–water partition coefficient (Wildman–Crippen LogP) is 3.89. The van der Waals surface area contributed by atoms with Gasteiger partial charge in [0.25, 0.3) is 5.91 Å². The van der Waals surface area contributed by atoms with E-state index in [0.29, 0.717) is 37.7 Å². The normalized spacial score (nSPS) is 14.8. The zero-order chi connectivity index (χ0) is 21.3. The van der Waals surface area contributed by atoms with Crippen LogP contribution >= 0.6 is 11.3 Å². The molecule has 0 spiro atoms. The third-order valence-corrected chi connectivity index (χ3v) is 5.66. The number of aromatic nitrogens is 3. The molecule has 0 N–H and O–H groups in total. The summed E-state index contributed by atoms with van der Waals surface area (Å²) in [7, 11) is 0. The molecule has 1 saturated heterocycles. The van der Waals surface area contributed by atoms with Crippen LogP contribution in [-0.4, -0.2) is 52.2 Å². The van der Waals surface area contributed by atoms with Crippen molar-refractivity contribution in [2.24, 2.45) is 0 Å². The van der Waals surface area contributed by atoms with E-state index in [1.807, 2.05) is 29.3 Å². The molecule has 0 unspecified atom stereocenters. The fourth-order valence-electron chi connectivity index (χ4n) is 3.34. The first-order valence-electron chi connectivity index (χ1n) is 9.29. The van der Waals surface area contributed by atoms with Crippen molar-refractivity contribution in [3.05, 3.63) is 57.9 Å². The molecule has 10 heteroatoms. The van der Waals surface area contributed by atoms with Gasteiger partial charge in [0, 0.05) is 31.6 Å². The number of thiazole rings is 1. The molecule has 6 nitrogen and oxygen atoms in total. The Hall–Kier alpha value is -3.01. The van der Waals surface area contributed by atoms with Crippen molar-refractivity contribution in [1.82, 2.24) is 20.1 Å². The fraction of sp³-hybridized carbons (Fsp3) is 0.300. The van der Waals surface area contributed by atoms with Gasteiger partial charge in [-0.1, -0.05) is 12.1 Å². The van der Waals surface area contributed by atoms with Crippen LogP contribution < -0.4 is 4.90 Å². The average Bonchev–Trinajstić information content (AvgIpc) is 3.19. The van der Waals surface area contributed by atoms with Crippen LogP contribution in [0.5, 0.6) is 0 Å². The standard InChI is InChI=1S/C20H18F3N5OS/c1-13-24-17(12-30-13)16-6-7-18(26-25-16)27-8-10-28(11-9-27)19(29)14-4-2-3-5-15(14)20(21,22)23/h2-7,12H,8-11H2,1H3. The molecule has 2 aromatic heterocycles. The lowest BCUT2D eigenvalue weighted by Gasteiger charge is -2.35. The third kappa shape index (κ3) is 4.13. The number of carbonyl (C=O) groups excluding carboxylic acids is 1. The minimum absolute atomic E-state index is 0.305. The molecule has 1 fully saturated rings. The van der Waals surface area contributed by atoms with E-state index in [9.17, 15) is 18.0 Å². The Bertz CT molecular complexity index is 1040. The number of aryl methyl sites for hydroxylation is 1. The highest BCUT2D eigenvalue weighted by Crippen LogP contribution is 2.32. The van der Waals surface area contributed by atoms with Crippen molar-refractivity contribution in [2.45, 2.75) is 13.1 Å².